The van der Waals surface area contributed by atoms with Gasteiger partial charge >= 0.3 is 7.12 Å². The molecule has 2 aliphatic rings. The normalized spacial score (nSPS) is 28.3. The Kier molecular flexibility index (Phi) is 5.93. The molecule has 1 fully saturated rings. The smallest absolute Gasteiger partial charge is 0.399 e. The van der Waals surface area contributed by atoms with Crippen molar-refractivity contribution < 1.29 is 18.8 Å². The minimum Gasteiger partial charge on any atom is -0.399 e. The molecule has 2 aromatic rings. The lowest BCUT2D eigenvalue weighted by atomic mass is 9.76. The van der Waals surface area contributed by atoms with Crippen molar-refractivity contribution in [3.63, 3.8) is 0 Å². The molecule has 168 valence electrons. The van der Waals surface area contributed by atoms with E-state index >= 15 is 0 Å². The summed E-state index contributed by atoms with van der Waals surface area (Å²) in [7, 11) is 3.01. The zero-order valence-electron chi connectivity index (χ0n) is 19.5. The molecule has 1 heterocycles. The molecule has 0 N–H and O–H groups in total. The van der Waals surface area contributed by atoms with Gasteiger partial charge in [-0.15, -0.1) is 0 Å². The van der Waals surface area contributed by atoms with Crippen molar-refractivity contribution in [3.05, 3.63) is 89.0 Å². The molecule has 2 aromatic carbocycles. The Morgan fingerprint density at radius 2 is 1.03 bits per heavy atom. The molecule has 1 aliphatic carbocycles. The maximum Gasteiger partial charge on any atom is 0.494 e. The van der Waals surface area contributed by atoms with Gasteiger partial charge in [0.25, 0.3) is 0 Å². The van der Waals surface area contributed by atoms with Gasteiger partial charge in [-0.1, -0.05) is 48.0 Å². The fourth-order valence-corrected chi connectivity index (χ4v) is 4.22. The first kappa shape index (κ1) is 23.3. The van der Waals surface area contributed by atoms with Crippen LogP contribution < -0.4 is 5.46 Å². The highest BCUT2D eigenvalue weighted by atomic mass is 35.5. The second-order valence-electron chi connectivity index (χ2n) is 9.38. The van der Waals surface area contributed by atoms with Gasteiger partial charge in [-0.25, -0.2) is 0 Å². The standard InChI is InChI=1S/C26H30BClO4/c1-23(2)24(3,4)32-27(31-23)21-11-7-19(8-12-21)25(29-5)15-17-26(30-6,18-16-25)20-9-13-22(28)14-10-20/h7-18H,1-6H3. The summed E-state index contributed by atoms with van der Waals surface area (Å²) in [5.74, 6) is 0. The van der Waals surface area contributed by atoms with Crippen LogP contribution >= 0.6 is 11.6 Å². The highest BCUT2D eigenvalue weighted by Crippen LogP contribution is 2.40. The predicted molar refractivity (Wildman–Crippen MR) is 129 cm³/mol. The van der Waals surface area contributed by atoms with Crippen LogP contribution in [0.2, 0.25) is 5.02 Å². The number of ether oxygens (including phenoxy) is 2. The molecule has 0 atom stereocenters. The van der Waals surface area contributed by atoms with E-state index in [2.05, 4.69) is 39.8 Å². The molecule has 32 heavy (non-hydrogen) atoms. The van der Waals surface area contributed by atoms with E-state index in [9.17, 15) is 0 Å². The average molecular weight is 453 g/mol. The van der Waals surface area contributed by atoms with Gasteiger partial charge in [-0.05, 0) is 80.7 Å². The minimum absolute atomic E-state index is 0.371. The van der Waals surface area contributed by atoms with Crippen LogP contribution in [0.4, 0.5) is 0 Å². The maximum atomic E-state index is 6.18. The molecule has 0 saturated carbocycles. The van der Waals surface area contributed by atoms with Gasteiger partial charge in [0.2, 0.25) is 0 Å². The van der Waals surface area contributed by atoms with E-state index in [0.29, 0.717) is 5.02 Å². The lowest BCUT2D eigenvalue weighted by Crippen LogP contribution is -2.41. The van der Waals surface area contributed by atoms with Crippen LogP contribution in [0.25, 0.3) is 0 Å². The third-order valence-electron chi connectivity index (χ3n) is 7.02. The van der Waals surface area contributed by atoms with E-state index in [1.165, 1.54) is 0 Å². The Labute approximate surface area is 196 Å². The van der Waals surface area contributed by atoms with E-state index in [4.69, 9.17) is 30.4 Å². The van der Waals surface area contributed by atoms with E-state index in [0.717, 1.165) is 16.6 Å². The van der Waals surface area contributed by atoms with Gasteiger partial charge in [0, 0.05) is 19.2 Å². The summed E-state index contributed by atoms with van der Waals surface area (Å²) in [6, 6.07) is 15.9. The van der Waals surface area contributed by atoms with Crippen LogP contribution in [0, 0.1) is 0 Å². The van der Waals surface area contributed by atoms with Crippen LogP contribution in [0.5, 0.6) is 0 Å². The Balaban J connectivity index is 1.60. The van der Waals surface area contributed by atoms with Crippen molar-refractivity contribution in [2.24, 2.45) is 0 Å². The zero-order chi connectivity index (χ0) is 23.2. The second-order valence-corrected chi connectivity index (χ2v) is 9.81. The molecule has 4 rings (SSSR count). The minimum atomic E-state index is -0.692. The summed E-state index contributed by atoms with van der Waals surface area (Å²) in [6.45, 7) is 8.23. The Morgan fingerprint density at radius 1 is 0.656 bits per heavy atom. The molecule has 6 heteroatoms. The summed E-state index contributed by atoms with van der Waals surface area (Å²) in [5, 5.41) is 0.692. The molecule has 0 radical (unpaired) electrons. The molecule has 0 aromatic heterocycles. The molecule has 0 unspecified atom stereocenters. The van der Waals surface area contributed by atoms with Gasteiger partial charge in [0.15, 0.2) is 0 Å². The van der Waals surface area contributed by atoms with Crippen LogP contribution in [-0.2, 0) is 30.0 Å². The monoisotopic (exact) mass is 452 g/mol. The van der Waals surface area contributed by atoms with Gasteiger partial charge in [-0.2, -0.15) is 0 Å². The van der Waals surface area contributed by atoms with Crippen molar-refractivity contribution in [2.45, 2.75) is 50.1 Å². The molecule has 0 spiro atoms. The highest BCUT2D eigenvalue weighted by Gasteiger charge is 2.51. The molecule has 1 saturated heterocycles. The highest BCUT2D eigenvalue weighted by molar-refractivity contribution is 6.62. The second kappa shape index (κ2) is 8.16. The number of hydrogen-bond acceptors (Lipinski definition) is 4. The Morgan fingerprint density at radius 3 is 1.41 bits per heavy atom. The number of hydrogen-bond donors (Lipinski definition) is 0. The lowest BCUT2D eigenvalue weighted by molar-refractivity contribution is 0.00578. The summed E-state index contributed by atoms with van der Waals surface area (Å²) in [4.78, 5) is 0. The van der Waals surface area contributed by atoms with E-state index in [1.54, 1.807) is 14.2 Å². The number of halogens is 1. The summed E-state index contributed by atoms with van der Waals surface area (Å²) in [5.41, 5.74) is 0.882. The fraction of sp³-hybridized carbons (Fsp3) is 0.385. The van der Waals surface area contributed by atoms with E-state index in [-0.39, 0.29) is 11.2 Å². The van der Waals surface area contributed by atoms with E-state index in [1.807, 2.05) is 60.7 Å². The molecule has 0 bridgehead atoms. The van der Waals surface area contributed by atoms with Crippen molar-refractivity contribution >= 4 is 24.2 Å². The number of methoxy groups -OCH3 is 2. The zero-order valence-corrected chi connectivity index (χ0v) is 20.3. The quantitative estimate of drug-likeness (QED) is 0.464. The van der Waals surface area contributed by atoms with Crippen molar-refractivity contribution in [2.75, 3.05) is 14.2 Å². The van der Waals surface area contributed by atoms with Gasteiger partial charge in [0.1, 0.15) is 11.2 Å². The maximum absolute atomic E-state index is 6.18. The SMILES string of the molecule is COC1(c2ccc(Cl)cc2)C=CC(OC)(c2ccc(B3OC(C)(C)C(C)(C)O3)cc2)C=C1. The van der Waals surface area contributed by atoms with E-state index < -0.39 is 18.3 Å². The first-order valence-corrected chi connectivity index (χ1v) is 11.2. The number of rotatable bonds is 5. The Hall–Kier alpha value is -1.89. The van der Waals surface area contributed by atoms with Crippen LogP contribution in [0.3, 0.4) is 0 Å². The molecule has 1 aliphatic heterocycles. The molecular formula is C26H30BClO4. The summed E-state index contributed by atoms with van der Waals surface area (Å²) in [6.07, 6.45) is 8.13. The van der Waals surface area contributed by atoms with Crippen molar-refractivity contribution in [1.82, 2.24) is 0 Å². The Bertz CT molecular complexity index is 995. The van der Waals surface area contributed by atoms with Crippen molar-refractivity contribution in [3.8, 4) is 0 Å². The fourth-order valence-electron chi connectivity index (χ4n) is 4.09. The van der Waals surface area contributed by atoms with Crippen molar-refractivity contribution in [1.29, 1.82) is 0 Å². The van der Waals surface area contributed by atoms with Crippen LogP contribution in [0.1, 0.15) is 38.8 Å². The number of benzene rings is 2. The molecular weight excluding hydrogens is 423 g/mol. The average Bonchev–Trinajstić information content (AvgIpc) is 3.01. The van der Waals surface area contributed by atoms with Crippen LogP contribution in [-0.4, -0.2) is 32.5 Å². The molecule has 0 amide bonds. The topological polar surface area (TPSA) is 36.9 Å². The van der Waals surface area contributed by atoms with Gasteiger partial charge in [0.05, 0.1) is 11.2 Å². The largest absolute Gasteiger partial charge is 0.494 e. The lowest BCUT2D eigenvalue weighted by Gasteiger charge is -2.36. The third-order valence-corrected chi connectivity index (χ3v) is 7.27. The van der Waals surface area contributed by atoms with Gasteiger partial charge < -0.3 is 18.8 Å². The summed E-state index contributed by atoms with van der Waals surface area (Å²) < 4.78 is 24.2. The first-order chi connectivity index (χ1) is 15.1. The van der Waals surface area contributed by atoms with Gasteiger partial charge in [-0.3, -0.25) is 0 Å². The summed E-state index contributed by atoms with van der Waals surface area (Å²) >= 11 is 6.06. The first-order valence-electron chi connectivity index (χ1n) is 10.8. The third kappa shape index (κ3) is 3.87. The van der Waals surface area contributed by atoms with Crippen LogP contribution in [0.15, 0.2) is 72.8 Å². The molecule has 4 nitrogen and oxygen atoms in total. The predicted octanol–water partition coefficient (Wildman–Crippen LogP) is 5.15.